The number of carbonyl (C=O) groups is 1. The summed E-state index contributed by atoms with van der Waals surface area (Å²) in [6.45, 7) is 8.05. The molecule has 7 nitrogen and oxygen atoms in total. The minimum Gasteiger partial charge on any atom is -0.445 e. The van der Waals surface area contributed by atoms with Gasteiger partial charge < -0.3 is 19.4 Å². The molecule has 182 valence electrons. The van der Waals surface area contributed by atoms with Crippen LogP contribution in [0.3, 0.4) is 0 Å². The fourth-order valence-electron chi connectivity index (χ4n) is 3.43. The van der Waals surface area contributed by atoms with Crippen molar-refractivity contribution >= 4 is 29.1 Å². The molecule has 1 N–H and O–H groups in total. The molecule has 0 saturated carbocycles. The van der Waals surface area contributed by atoms with Crippen LogP contribution in [-0.4, -0.2) is 45.6 Å². The van der Waals surface area contributed by atoms with Crippen molar-refractivity contribution in [2.75, 3.05) is 12.8 Å². The summed E-state index contributed by atoms with van der Waals surface area (Å²) < 4.78 is 41.6. The average molecular weight is 485 g/mol. The largest absolute Gasteiger partial charge is 0.492 e. The number of nitrogens with one attached hydrogen (secondary N) is 1. The molecule has 1 saturated heterocycles. The van der Waals surface area contributed by atoms with Crippen LogP contribution in [0.25, 0.3) is 6.08 Å². The number of ether oxygens (including phenoxy) is 1. The fraction of sp³-hybridized carbons (Fsp3) is 0.400. The van der Waals surface area contributed by atoms with E-state index in [2.05, 4.69) is 5.32 Å². The maximum absolute atomic E-state index is 12.4. The van der Waals surface area contributed by atoms with E-state index in [4.69, 9.17) is 14.0 Å². The van der Waals surface area contributed by atoms with Crippen LogP contribution in [0.2, 0.25) is 0 Å². The summed E-state index contributed by atoms with van der Waals surface area (Å²) in [4.78, 5) is 12.4. The Morgan fingerprint density at radius 1 is 1.00 bits per heavy atom. The van der Waals surface area contributed by atoms with Crippen LogP contribution in [0.4, 0.5) is 4.79 Å². The lowest BCUT2D eigenvalue weighted by molar-refractivity contribution is 0.00578. The van der Waals surface area contributed by atoms with Gasteiger partial charge in [0.1, 0.15) is 6.61 Å². The first kappa shape index (κ1) is 26.0. The lowest BCUT2D eigenvalue weighted by Gasteiger charge is -2.32. The van der Waals surface area contributed by atoms with Gasteiger partial charge in [-0.3, -0.25) is 0 Å². The minimum absolute atomic E-state index is 0.0944. The van der Waals surface area contributed by atoms with Gasteiger partial charge in [-0.2, -0.15) is 0 Å². The number of benzene rings is 2. The second kappa shape index (κ2) is 10.3. The Hall–Kier alpha value is -2.62. The second-order valence-electron chi connectivity index (χ2n) is 9.49. The van der Waals surface area contributed by atoms with Gasteiger partial charge in [-0.25, -0.2) is 13.2 Å². The highest BCUT2D eigenvalue weighted by molar-refractivity contribution is 7.89. The van der Waals surface area contributed by atoms with Crippen LogP contribution in [0.15, 0.2) is 60.1 Å². The molecular formula is C25H32BNO6S. The van der Waals surface area contributed by atoms with Crippen molar-refractivity contribution in [2.45, 2.75) is 51.3 Å². The van der Waals surface area contributed by atoms with Crippen molar-refractivity contribution in [3.8, 4) is 0 Å². The molecule has 9 heteroatoms. The molecule has 0 aliphatic carbocycles. The maximum Gasteiger partial charge on any atom is 0.492 e. The smallest absolute Gasteiger partial charge is 0.445 e. The van der Waals surface area contributed by atoms with Gasteiger partial charge in [-0.05, 0) is 49.9 Å². The summed E-state index contributed by atoms with van der Waals surface area (Å²) in [7, 11) is -3.95. The number of alkyl carbamates (subject to hydrolysis) is 1. The van der Waals surface area contributed by atoms with E-state index in [0.29, 0.717) is 11.0 Å². The lowest BCUT2D eigenvalue weighted by atomic mass is 9.76. The lowest BCUT2D eigenvalue weighted by Crippen LogP contribution is -2.41. The topological polar surface area (TPSA) is 90.9 Å². The van der Waals surface area contributed by atoms with E-state index >= 15 is 0 Å². The normalized spacial score (nSPS) is 17.4. The molecule has 34 heavy (non-hydrogen) atoms. The molecule has 2 aromatic carbocycles. The Morgan fingerprint density at radius 2 is 1.59 bits per heavy atom. The maximum atomic E-state index is 12.4. The first-order valence-corrected chi connectivity index (χ1v) is 13.2. The van der Waals surface area contributed by atoms with Gasteiger partial charge in [0, 0.05) is 12.8 Å². The van der Waals surface area contributed by atoms with Crippen LogP contribution in [-0.2, 0) is 36.2 Å². The summed E-state index contributed by atoms with van der Waals surface area (Å²) >= 11 is 0. The van der Waals surface area contributed by atoms with Crippen LogP contribution < -0.4 is 5.32 Å². The summed E-state index contributed by atoms with van der Waals surface area (Å²) in [5.74, 6) is -0.0944. The molecule has 0 radical (unpaired) electrons. The third-order valence-corrected chi connectivity index (χ3v) is 6.85. The van der Waals surface area contributed by atoms with E-state index < -0.39 is 34.3 Å². The van der Waals surface area contributed by atoms with E-state index in [1.807, 2.05) is 76.2 Å². The fourth-order valence-corrected chi connectivity index (χ4v) is 4.26. The molecule has 1 aliphatic heterocycles. The van der Waals surface area contributed by atoms with Crippen molar-refractivity contribution in [1.29, 1.82) is 0 Å². The van der Waals surface area contributed by atoms with Crippen LogP contribution in [0.1, 0.15) is 44.4 Å². The van der Waals surface area contributed by atoms with Crippen molar-refractivity contribution in [1.82, 2.24) is 5.32 Å². The summed E-state index contributed by atoms with van der Waals surface area (Å²) in [5, 5.41) is 2.76. The third kappa shape index (κ3) is 6.95. The number of sulfone groups is 1. The molecule has 2 aromatic rings. The third-order valence-electron chi connectivity index (χ3n) is 6.02. The standard InChI is InChI=1S/C25H32BNO6S/c1-24(2)25(3,4)33-26(32-24)22(15-20-13-9-10-14-21(20)18-34(5,29)30)16-27-23(28)31-17-19-11-7-6-8-12-19/h6-15H,16-18H2,1-5H3,(H,27,28). The number of carbonyl (C=O) groups excluding carboxylic acids is 1. The predicted molar refractivity (Wildman–Crippen MR) is 134 cm³/mol. The minimum atomic E-state index is -3.23. The Morgan fingerprint density at radius 3 is 2.21 bits per heavy atom. The SMILES string of the molecule is CC1(C)OB(C(=Cc2ccccc2CS(C)(=O)=O)CNC(=O)OCc2ccccc2)OC1(C)C. The summed E-state index contributed by atoms with van der Waals surface area (Å²) in [6, 6.07) is 16.6. The van der Waals surface area contributed by atoms with Crippen LogP contribution >= 0.6 is 0 Å². The monoisotopic (exact) mass is 485 g/mol. The molecule has 1 fully saturated rings. The van der Waals surface area contributed by atoms with Gasteiger partial charge in [-0.15, -0.1) is 0 Å². The van der Waals surface area contributed by atoms with Crippen LogP contribution in [0.5, 0.6) is 0 Å². The highest BCUT2D eigenvalue weighted by Crippen LogP contribution is 2.38. The number of hydrogen-bond donors (Lipinski definition) is 1. The van der Waals surface area contributed by atoms with E-state index in [0.717, 1.165) is 11.1 Å². The first-order chi connectivity index (χ1) is 15.9. The Balaban J connectivity index is 1.82. The average Bonchev–Trinajstić information content (AvgIpc) is 2.97. The molecule has 1 aliphatic rings. The van der Waals surface area contributed by atoms with E-state index in [1.54, 1.807) is 12.1 Å². The van der Waals surface area contributed by atoms with Crippen molar-refractivity contribution < 1.29 is 27.3 Å². The molecule has 3 rings (SSSR count). The zero-order valence-electron chi connectivity index (χ0n) is 20.3. The number of hydrogen-bond acceptors (Lipinski definition) is 6. The van der Waals surface area contributed by atoms with Gasteiger partial charge in [0.05, 0.1) is 17.0 Å². The van der Waals surface area contributed by atoms with Crippen molar-refractivity contribution in [3.05, 3.63) is 76.8 Å². The molecule has 0 spiro atoms. The van der Waals surface area contributed by atoms with Gasteiger partial charge in [-0.1, -0.05) is 60.7 Å². The van der Waals surface area contributed by atoms with E-state index in [9.17, 15) is 13.2 Å². The van der Waals surface area contributed by atoms with Gasteiger partial charge in [0.25, 0.3) is 0 Å². The highest BCUT2D eigenvalue weighted by atomic mass is 32.2. The summed E-state index contributed by atoms with van der Waals surface area (Å²) in [6.07, 6.45) is 2.45. The molecule has 0 atom stereocenters. The van der Waals surface area contributed by atoms with Crippen LogP contribution in [0, 0.1) is 0 Å². The van der Waals surface area contributed by atoms with Crippen molar-refractivity contribution in [2.24, 2.45) is 0 Å². The highest BCUT2D eigenvalue weighted by Gasteiger charge is 2.52. The second-order valence-corrected chi connectivity index (χ2v) is 11.6. The summed E-state index contributed by atoms with van der Waals surface area (Å²) in [5.41, 5.74) is 1.77. The molecule has 1 amide bonds. The first-order valence-electron chi connectivity index (χ1n) is 11.1. The zero-order valence-corrected chi connectivity index (χ0v) is 21.1. The number of rotatable bonds is 8. The molecule has 1 heterocycles. The number of amides is 1. The predicted octanol–water partition coefficient (Wildman–Crippen LogP) is 4.17. The molecular weight excluding hydrogens is 453 g/mol. The van der Waals surface area contributed by atoms with Gasteiger partial charge >= 0.3 is 13.2 Å². The Kier molecular flexibility index (Phi) is 7.90. The van der Waals surface area contributed by atoms with Gasteiger partial charge in [0.2, 0.25) is 0 Å². The van der Waals surface area contributed by atoms with E-state index in [-0.39, 0.29) is 18.9 Å². The molecule has 0 bridgehead atoms. The van der Waals surface area contributed by atoms with E-state index in [1.165, 1.54) is 6.26 Å². The Labute approximate surface area is 202 Å². The molecule has 0 unspecified atom stereocenters. The quantitative estimate of drug-likeness (QED) is 0.565. The van der Waals surface area contributed by atoms with Gasteiger partial charge in [0.15, 0.2) is 9.84 Å². The van der Waals surface area contributed by atoms with Crippen molar-refractivity contribution in [3.63, 3.8) is 0 Å². The molecule has 0 aromatic heterocycles. The zero-order chi connectivity index (χ0) is 25.0. The Bertz CT molecular complexity index is 1130.